The van der Waals surface area contributed by atoms with Gasteiger partial charge in [0.05, 0.1) is 12.1 Å². The topological polar surface area (TPSA) is 64.2 Å². The van der Waals surface area contributed by atoms with Crippen molar-refractivity contribution < 1.29 is 4.74 Å². The lowest BCUT2D eigenvalue weighted by atomic mass is 10.0. The largest absolute Gasteiger partial charge is 0.491 e. The molecule has 1 fully saturated rings. The van der Waals surface area contributed by atoms with E-state index >= 15 is 0 Å². The molecule has 4 heterocycles. The van der Waals surface area contributed by atoms with Crippen molar-refractivity contribution in [1.29, 1.82) is 0 Å². The minimum atomic E-state index is 0.219. The SMILES string of the molecule is Cc1nc(-c2cn3c(n2)-c2cc(CN4CCN(C(C)(C)C)CC4)c(C)cc2OCC3)n(C(C)C)n1. The van der Waals surface area contributed by atoms with Crippen LogP contribution < -0.4 is 4.74 Å². The van der Waals surface area contributed by atoms with Crippen molar-refractivity contribution in [2.75, 3.05) is 32.8 Å². The molecular formula is C27H39N7O. The van der Waals surface area contributed by atoms with Gasteiger partial charge in [-0.05, 0) is 71.7 Å². The molecular weight excluding hydrogens is 438 g/mol. The van der Waals surface area contributed by atoms with Crippen molar-refractivity contribution in [3.63, 3.8) is 0 Å². The Balaban J connectivity index is 1.45. The molecule has 0 saturated carbocycles. The molecule has 0 bridgehead atoms. The molecule has 0 amide bonds. The van der Waals surface area contributed by atoms with Crippen LogP contribution in [0, 0.1) is 13.8 Å². The van der Waals surface area contributed by atoms with Crippen molar-refractivity contribution >= 4 is 0 Å². The van der Waals surface area contributed by atoms with Crippen molar-refractivity contribution in [2.45, 2.75) is 73.1 Å². The summed E-state index contributed by atoms with van der Waals surface area (Å²) in [4.78, 5) is 14.9. The van der Waals surface area contributed by atoms with Gasteiger partial charge in [-0.25, -0.2) is 14.6 Å². The molecule has 0 aliphatic carbocycles. The molecule has 1 aromatic carbocycles. The summed E-state index contributed by atoms with van der Waals surface area (Å²) in [6.07, 6.45) is 2.10. The predicted molar refractivity (Wildman–Crippen MR) is 139 cm³/mol. The summed E-state index contributed by atoms with van der Waals surface area (Å²) in [5.41, 5.74) is 4.78. The predicted octanol–water partition coefficient (Wildman–Crippen LogP) is 4.31. The van der Waals surface area contributed by atoms with E-state index in [4.69, 9.17) is 14.7 Å². The monoisotopic (exact) mass is 477 g/mol. The fourth-order valence-corrected chi connectivity index (χ4v) is 5.14. The summed E-state index contributed by atoms with van der Waals surface area (Å²) < 4.78 is 10.3. The van der Waals surface area contributed by atoms with Crippen LogP contribution in [0.15, 0.2) is 18.3 Å². The molecule has 0 unspecified atom stereocenters. The Bertz CT molecular complexity index is 1210. The summed E-state index contributed by atoms with van der Waals surface area (Å²) in [6.45, 7) is 22.0. The zero-order valence-electron chi connectivity index (χ0n) is 22.3. The first-order valence-corrected chi connectivity index (χ1v) is 12.8. The van der Waals surface area contributed by atoms with E-state index in [1.54, 1.807) is 0 Å². The van der Waals surface area contributed by atoms with Crippen LogP contribution in [0.1, 0.15) is 57.6 Å². The molecule has 8 nitrogen and oxygen atoms in total. The van der Waals surface area contributed by atoms with Gasteiger partial charge in [-0.2, -0.15) is 5.10 Å². The number of rotatable bonds is 4. The number of fused-ring (bicyclic) bond motifs is 3. The number of piperazine rings is 1. The third-order valence-corrected chi connectivity index (χ3v) is 7.22. The average Bonchev–Trinajstić information content (AvgIpc) is 3.35. The highest BCUT2D eigenvalue weighted by molar-refractivity contribution is 5.70. The van der Waals surface area contributed by atoms with E-state index in [-0.39, 0.29) is 11.6 Å². The number of nitrogens with zero attached hydrogens (tertiary/aromatic N) is 7. The van der Waals surface area contributed by atoms with Gasteiger partial charge >= 0.3 is 0 Å². The van der Waals surface area contributed by atoms with Crippen LogP contribution in [0.4, 0.5) is 0 Å². The molecule has 188 valence electrons. The van der Waals surface area contributed by atoms with E-state index < -0.39 is 0 Å². The molecule has 35 heavy (non-hydrogen) atoms. The number of imidazole rings is 1. The Morgan fingerprint density at radius 3 is 2.40 bits per heavy atom. The molecule has 0 spiro atoms. The minimum absolute atomic E-state index is 0.219. The van der Waals surface area contributed by atoms with Crippen molar-refractivity contribution in [2.24, 2.45) is 0 Å². The van der Waals surface area contributed by atoms with Gasteiger partial charge in [0.2, 0.25) is 0 Å². The lowest BCUT2D eigenvalue weighted by Crippen LogP contribution is -2.53. The van der Waals surface area contributed by atoms with Crippen LogP contribution in [0.5, 0.6) is 5.75 Å². The molecule has 0 atom stereocenters. The van der Waals surface area contributed by atoms with E-state index in [2.05, 4.69) is 79.3 Å². The number of aryl methyl sites for hydroxylation is 2. The Labute approximate surface area is 208 Å². The molecule has 0 N–H and O–H groups in total. The van der Waals surface area contributed by atoms with Crippen LogP contribution in [-0.4, -0.2) is 72.4 Å². The van der Waals surface area contributed by atoms with Gasteiger partial charge in [0, 0.05) is 50.5 Å². The Morgan fingerprint density at radius 1 is 0.971 bits per heavy atom. The van der Waals surface area contributed by atoms with E-state index in [1.807, 2.05) is 11.6 Å². The Kier molecular flexibility index (Phi) is 6.21. The molecule has 2 aromatic heterocycles. The molecule has 8 heteroatoms. The molecule has 5 rings (SSSR count). The van der Waals surface area contributed by atoms with Gasteiger partial charge in [-0.15, -0.1) is 0 Å². The van der Waals surface area contributed by atoms with Gasteiger partial charge in [0.1, 0.15) is 29.7 Å². The highest BCUT2D eigenvalue weighted by atomic mass is 16.5. The summed E-state index contributed by atoms with van der Waals surface area (Å²) in [6, 6.07) is 4.71. The third-order valence-electron chi connectivity index (χ3n) is 7.22. The maximum atomic E-state index is 6.16. The molecule has 2 aliphatic rings. The number of hydrogen-bond donors (Lipinski definition) is 0. The maximum Gasteiger partial charge on any atom is 0.178 e. The molecule has 2 aliphatic heterocycles. The molecule has 1 saturated heterocycles. The highest BCUT2D eigenvalue weighted by Gasteiger charge is 2.27. The van der Waals surface area contributed by atoms with Crippen LogP contribution in [0.3, 0.4) is 0 Å². The minimum Gasteiger partial charge on any atom is -0.491 e. The first-order valence-electron chi connectivity index (χ1n) is 12.8. The Morgan fingerprint density at radius 2 is 1.71 bits per heavy atom. The third kappa shape index (κ3) is 4.74. The summed E-state index contributed by atoms with van der Waals surface area (Å²) in [7, 11) is 0. The first kappa shape index (κ1) is 24.0. The van der Waals surface area contributed by atoms with E-state index in [1.165, 1.54) is 11.1 Å². The van der Waals surface area contributed by atoms with Crippen molar-refractivity contribution in [1.82, 2.24) is 34.1 Å². The second kappa shape index (κ2) is 9.06. The maximum absolute atomic E-state index is 6.16. The zero-order chi connectivity index (χ0) is 24.9. The zero-order valence-corrected chi connectivity index (χ0v) is 22.3. The van der Waals surface area contributed by atoms with Gasteiger partial charge in [0.25, 0.3) is 0 Å². The van der Waals surface area contributed by atoms with Crippen LogP contribution in [0.25, 0.3) is 22.9 Å². The quantitative estimate of drug-likeness (QED) is 0.558. The lowest BCUT2D eigenvalue weighted by molar-refractivity contribution is 0.0590. The van der Waals surface area contributed by atoms with Crippen LogP contribution in [0.2, 0.25) is 0 Å². The van der Waals surface area contributed by atoms with Gasteiger partial charge in [0.15, 0.2) is 5.82 Å². The lowest BCUT2D eigenvalue weighted by Gasteiger charge is -2.42. The fourth-order valence-electron chi connectivity index (χ4n) is 5.14. The summed E-state index contributed by atoms with van der Waals surface area (Å²) in [5, 5.41) is 4.59. The summed E-state index contributed by atoms with van der Waals surface area (Å²) >= 11 is 0. The van der Waals surface area contributed by atoms with Crippen LogP contribution in [-0.2, 0) is 13.1 Å². The fraction of sp³-hybridized carbons (Fsp3) is 0.593. The van der Waals surface area contributed by atoms with Gasteiger partial charge < -0.3 is 9.30 Å². The first-order chi connectivity index (χ1) is 16.6. The molecule has 3 aromatic rings. The average molecular weight is 478 g/mol. The standard InChI is InChI=1S/C27H39N7O/c1-18(2)34-26(28-20(4)30-34)23-17-32-12-13-35-24-14-19(3)21(15-22(24)25(32)29-23)16-31-8-10-33(11-9-31)27(5,6)7/h14-15,17-18H,8-13,16H2,1-7H3. The van der Waals surface area contributed by atoms with Crippen molar-refractivity contribution in [3.05, 3.63) is 35.3 Å². The van der Waals surface area contributed by atoms with Crippen molar-refractivity contribution in [3.8, 4) is 28.7 Å². The normalized spacial score (nSPS) is 17.3. The number of hydrogen-bond acceptors (Lipinski definition) is 6. The van der Waals surface area contributed by atoms with Gasteiger partial charge in [-0.3, -0.25) is 9.80 Å². The number of benzene rings is 1. The summed E-state index contributed by atoms with van der Waals surface area (Å²) in [5.74, 6) is 3.46. The van der Waals surface area contributed by atoms with E-state index in [9.17, 15) is 0 Å². The Hall–Kier alpha value is -2.71. The second-order valence-corrected chi connectivity index (χ2v) is 11.2. The van der Waals surface area contributed by atoms with Crippen LogP contribution >= 0.6 is 0 Å². The second-order valence-electron chi connectivity index (χ2n) is 11.2. The smallest absolute Gasteiger partial charge is 0.178 e. The number of ether oxygens (including phenoxy) is 1. The van der Waals surface area contributed by atoms with Gasteiger partial charge in [-0.1, -0.05) is 0 Å². The van der Waals surface area contributed by atoms with E-state index in [0.717, 1.165) is 73.7 Å². The van der Waals surface area contributed by atoms with E-state index in [0.29, 0.717) is 6.61 Å². The number of aromatic nitrogens is 5. The molecule has 0 radical (unpaired) electrons. The highest BCUT2D eigenvalue weighted by Crippen LogP contribution is 2.36.